The van der Waals surface area contributed by atoms with E-state index in [4.69, 9.17) is 4.42 Å². The predicted molar refractivity (Wildman–Crippen MR) is 59.7 cm³/mol. The van der Waals surface area contributed by atoms with E-state index in [1.807, 2.05) is 29.0 Å². The van der Waals surface area contributed by atoms with Crippen molar-refractivity contribution < 1.29 is 4.42 Å². The summed E-state index contributed by atoms with van der Waals surface area (Å²) in [4.78, 5) is 0. The van der Waals surface area contributed by atoms with Crippen molar-refractivity contribution in [3.8, 4) is 11.6 Å². The standard InChI is InChI=1S/C10H11N3OS/c1-3-6-13-9(8-5-4-7-14-8)11-12-10(13)15-2/h3-5,7H,1,6H2,2H3. The molecule has 0 bridgehead atoms. The van der Waals surface area contributed by atoms with Crippen molar-refractivity contribution in [1.29, 1.82) is 0 Å². The summed E-state index contributed by atoms with van der Waals surface area (Å²) in [5.74, 6) is 1.47. The Bertz CT molecular complexity index is 447. The highest BCUT2D eigenvalue weighted by molar-refractivity contribution is 7.98. The summed E-state index contributed by atoms with van der Waals surface area (Å²) in [5.41, 5.74) is 0. The largest absolute Gasteiger partial charge is 0.461 e. The molecule has 0 spiro atoms. The molecule has 78 valence electrons. The minimum absolute atomic E-state index is 0.680. The van der Waals surface area contributed by atoms with Gasteiger partial charge in [0.2, 0.25) is 5.82 Å². The Morgan fingerprint density at radius 3 is 3.07 bits per heavy atom. The zero-order valence-corrected chi connectivity index (χ0v) is 9.20. The first-order valence-electron chi connectivity index (χ1n) is 4.48. The van der Waals surface area contributed by atoms with Crippen LogP contribution in [0.2, 0.25) is 0 Å². The molecule has 0 aliphatic rings. The molecule has 2 heterocycles. The summed E-state index contributed by atoms with van der Waals surface area (Å²) in [6, 6.07) is 3.70. The number of furan rings is 1. The Labute approximate surface area is 92.0 Å². The predicted octanol–water partition coefficient (Wildman–Crippen LogP) is 2.45. The van der Waals surface area contributed by atoms with Gasteiger partial charge in [-0.15, -0.1) is 16.8 Å². The lowest BCUT2D eigenvalue weighted by Crippen LogP contribution is -1.99. The molecule has 0 saturated carbocycles. The summed E-state index contributed by atoms with van der Waals surface area (Å²) in [6.07, 6.45) is 5.41. The van der Waals surface area contributed by atoms with Crippen LogP contribution >= 0.6 is 11.8 Å². The quantitative estimate of drug-likeness (QED) is 0.587. The van der Waals surface area contributed by atoms with Crippen LogP contribution in [0.25, 0.3) is 11.6 Å². The van der Waals surface area contributed by atoms with Gasteiger partial charge in [-0.1, -0.05) is 17.8 Å². The summed E-state index contributed by atoms with van der Waals surface area (Å²) >= 11 is 1.55. The maximum absolute atomic E-state index is 5.30. The van der Waals surface area contributed by atoms with Gasteiger partial charge in [-0.3, -0.25) is 4.57 Å². The highest BCUT2D eigenvalue weighted by Gasteiger charge is 2.13. The molecule has 2 aromatic rings. The molecule has 0 radical (unpaired) electrons. The summed E-state index contributed by atoms with van der Waals surface area (Å²) in [7, 11) is 0. The van der Waals surface area contributed by atoms with Gasteiger partial charge < -0.3 is 4.42 Å². The van der Waals surface area contributed by atoms with Crippen LogP contribution in [0.15, 0.2) is 40.6 Å². The molecule has 5 heteroatoms. The van der Waals surface area contributed by atoms with E-state index in [1.165, 1.54) is 0 Å². The van der Waals surface area contributed by atoms with Crippen LogP contribution in [0, 0.1) is 0 Å². The van der Waals surface area contributed by atoms with Crippen LogP contribution in [0.1, 0.15) is 0 Å². The van der Waals surface area contributed by atoms with Crippen LogP contribution in [-0.4, -0.2) is 21.0 Å². The molecule has 0 aliphatic heterocycles. The minimum atomic E-state index is 0.680. The van der Waals surface area contributed by atoms with E-state index in [0.29, 0.717) is 6.54 Å². The van der Waals surface area contributed by atoms with Crippen molar-refractivity contribution in [2.45, 2.75) is 11.7 Å². The van der Waals surface area contributed by atoms with E-state index in [0.717, 1.165) is 16.7 Å². The molecule has 15 heavy (non-hydrogen) atoms. The Morgan fingerprint density at radius 1 is 1.60 bits per heavy atom. The van der Waals surface area contributed by atoms with Gasteiger partial charge in [0.15, 0.2) is 10.9 Å². The highest BCUT2D eigenvalue weighted by Crippen LogP contribution is 2.22. The van der Waals surface area contributed by atoms with Crippen molar-refractivity contribution in [1.82, 2.24) is 14.8 Å². The third-order valence-corrected chi connectivity index (χ3v) is 2.62. The lowest BCUT2D eigenvalue weighted by Gasteiger charge is -2.03. The average Bonchev–Trinajstić information content (AvgIpc) is 2.85. The van der Waals surface area contributed by atoms with Crippen molar-refractivity contribution in [3.05, 3.63) is 31.1 Å². The van der Waals surface area contributed by atoms with Crippen molar-refractivity contribution >= 4 is 11.8 Å². The zero-order valence-electron chi connectivity index (χ0n) is 8.38. The third-order valence-electron chi connectivity index (χ3n) is 1.95. The Hall–Kier alpha value is -1.49. The van der Waals surface area contributed by atoms with Crippen LogP contribution in [-0.2, 0) is 6.54 Å². The second kappa shape index (κ2) is 4.35. The van der Waals surface area contributed by atoms with E-state index in [1.54, 1.807) is 18.0 Å². The van der Waals surface area contributed by atoms with Gasteiger partial charge in [-0.2, -0.15) is 0 Å². The summed E-state index contributed by atoms with van der Waals surface area (Å²) in [6.45, 7) is 4.40. The van der Waals surface area contributed by atoms with Gasteiger partial charge in [0.05, 0.1) is 6.26 Å². The summed E-state index contributed by atoms with van der Waals surface area (Å²) < 4.78 is 7.27. The number of thioether (sulfide) groups is 1. The molecule has 0 aromatic carbocycles. The molecule has 0 saturated heterocycles. The minimum Gasteiger partial charge on any atom is -0.461 e. The average molecular weight is 221 g/mol. The van der Waals surface area contributed by atoms with Gasteiger partial charge in [-0.05, 0) is 18.4 Å². The molecular weight excluding hydrogens is 210 g/mol. The number of aromatic nitrogens is 3. The molecule has 0 atom stereocenters. The third kappa shape index (κ3) is 1.83. The maximum atomic E-state index is 5.30. The molecule has 2 aromatic heterocycles. The molecule has 0 amide bonds. The van der Waals surface area contributed by atoms with Gasteiger partial charge in [0, 0.05) is 6.54 Å². The van der Waals surface area contributed by atoms with Crippen LogP contribution in [0.5, 0.6) is 0 Å². The molecular formula is C10H11N3OS. The lowest BCUT2D eigenvalue weighted by molar-refractivity contribution is 0.570. The van der Waals surface area contributed by atoms with Crippen molar-refractivity contribution in [3.63, 3.8) is 0 Å². The normalized spacial score (nSPS) is 10.5. The van der Waals surface area contributed by atoms with Crippen LogP contribution in [0.3, 0.4) is 0 Å². The molecule has 0 fully saturated rings. The van der Waals surface area contributed by atoms with E-state index < -0.39 is 0 Å². The number of rotatable bonds is 4. The second-order valence-electron chi connectivity index (χ2n) is 2.89. The fraction of sp³-hybridized carbons (Fsp3) is 0.200. The van der Waals surface area contributed by atoms with Crippen molar-refractivity contribution in [2.75, 3.05) is 6.26 Å². The number of hydrogen-bond donors (Lipinski definition) is 0. The van der Waals surface area contributed by atoms with Crippen molar-refractivity contribution in [2.24, 2.45) is 0 Å². The molecule has 0 unspecified atom stereocenters. The van der Waals surface area contributed by atoms with E-state index in [9.17, 15) is 0 Å². The molecule has 2 rings (SSSR count). The first kappa shape index (κ1) is 10.0. The Morgan fingerprint density at radius 2 is 2.47 bits per heavy atom. The fourth-order valence-corrected chi connectivity index (χ4v) is 1.83. The second-order valence-corrected chi connectivity index (χ2v) is 3.66. The zero-order chi connectivity index (χ0) is 10.7. The number of hydrogen-bond acceptors (Lipinski definition) is 4. The Balaban J connectivity index is 2.47. The first-order valence-corrected chi connectivity index (χ1v) is 5.71. The summed E-state index contributed by atoms with van der Waals surface area (Å²) in [5, 5.41) is 9.04. The highest BCUT2D eigenvalue weighted by atomic mass is 32.2. The Kier molecular flexibility index (Phi) is 2.91. The maximum Gasteiger partial charge on any atom is 0.200 e. The topological polar surface area (TPSA) is 43.9 Å². The van der Waals surface area contributed by atoms with Crippen LogP contribution < -0.4 is 0 Å². The fourth-order valence-electron chi connectivity index (χ4n) is 1.32. The van der Waals surface area contributed by atoms with Gasteiger partial charge >= 0.3 is 0 Å². The molecule has 0 N–H and O–H groups in total. The molecule has 0 aliphatic carbocycles. The van der Waals surface area contributed by atoms with Crippen LogP contribution in [0.4, 0.5) is 0 Å². The molecule has 4 nitrogen and oxygen atoms in total. The van der Waals surface area contributed by atoms with Gasteiger partial charge in [0.25, 0.3) is 0 Å². The van der Waals surface area contributed by atoms with E-state index >= 15 is 0 Å². The number of nitrogens with zero attached hydrogens (tertiary/aromatic N) is 3. The SMILES string of the molecule is C=CCn1c(SC)nnc1-c1ccco1. The van der Waals surface area contributed by atoms with Gasteiger partial charge in [0.1, 0.15) is 0 Å². The first-order chi connectivity index (χ1) is 7.36. The monoisotopic (exact) mass is 221 g/mol. The smallest absolute Gasteiger partial charge is 0.200 e. The van der Waals surface area contributed by atoms with E-state index in [-0.39, 0.29) is 0 Å². The van der Waals surface area contributed by atoms with Gasteiger partial charge in [-0.25, -0.2) is 0 Å². The van der Waals surface area contributed by atoms with E-state index in [2.05, 4.69) is 16.8 Å². The lowest BCUT2D eigenvalue weighted by atomic mass is 10.4. The number of allylic oxidation sites excluding steroid dienone is 1.